The van der Waals surface area contributed by atoms with Gasteiger partial charge in [-0.05, 0) is 39.7 Å². The molecule has 0 bridgehead atoms. The summed E-state index contributed by atoms with van der Waals surface area (Å²) in [4.78, 5) is 11.2. The number of halogens is 3. The van der Waals surface area contributed by atoms with E-state index in [1.807, 2.05) is 0 Å². The van der Waals surface area contributed by atoms with E-state index in [0.717, 1.165) is 0 Å². The molecule has 2 rings (SSSR count). The third-order valence-corrected chi connectivity index (χ3v) is 3.30. The quantitative estimate of drug-likeness (QED) is 0.874. The number of rotatable bonds is 2. The van der Waals surface area contributed by atoms with Gasteiger partial charge in [-0.3, -0.25) is 0 Å². The smallest absolute Gasteiger partial charge is 0.336 e. The third-order valence-electron chi connectivity index (χ3n) is 2.45. The van der Waals surface area contributed by atoms with Crippen LogP contribution < -0.4 is 0 Å². The lowest BCUT2D eigenvalue weighted by Gasteiger charge is -2.08. The molecule has 1 N–H and O–H groups in total. The summed E-state index contributed by atoms with van der Waals surface area (Å²) < 4.78 is 14.2. The maximum Gasteiger partial charge on any atom is 0.336 e. The molecule has 2 aromatic carbocycles. The summed E-state index contributed by atoms with van der Waals surface area (Å²) in [6, 6.07) is 9.05. The maximum atomic E-state index is 14.0. The first kappa shape index (κ1) is 13.1. The lowest BCUT2D eigenvalue weighted by atomic mass is 9.99. The highest BCUT2D eigenvalue weighted by Gasteiger charge is 2.16. The van der Waals surface area contributed by atoms with Gasteiger partial charge in [-0.25, -0.2) is 9.18 Å². The minimum atomic E-state index is -1.15. The summed E-state index contributed by atoms with van der Waals surface area (Å²) in [7, 11) is 0. The van der Waals surface area contributed by atoms with Gasteiger partial charge in [0.05, 0.1) is 10.0 Å². The normalized spacial score (nSPS) is 10.4. The van der Waals surface area contributed by atoms with Gasteiger partial charge >= 0.3 is 5.97 Å². The number of carboxylic acid groups (broad SMARTS) is 1. The minimum Gasteiger partial charge on any atom is -0.478 e. The van der Waals surface area contributed by atoms with Crippen LogP contribution in [0.3, 0.4) is 0 Å². The molecule has 0 spiro atoms. The second kappa shape index (κ2) is 5.08. The lowest BCUT2D eigenvalue weighted by molar-refractivity contribution is 0.0697. The van der Waals surface area contributed by atoms with Gasteiger partial charge in [-0.15, -0.1) is 0 Å². The number of benzene rings is 2. The van der Waals surface area contributed by atoms with E-state index in [0.29, 0.717) is 10.6 Å². The molecule has 0 fully saturated rings. The number of carboxylic acids is 1. The molecule has 5 heteroatoms. The molecule has 0 unspecified atom stereocenters. The monoisotopic (exact) mass is 328 g/mol. The first-order valence-electron chi connectivity index (χ1n) is 4.98. The van der Waals surface area contributed by atoms with Crippen molar-refractivity contribution < 1.29 is 14.3 Å². The summed E-state index contributed by atoms with van der Waals surface area (Å²) in [6.07, 6.45) is 0. The molecular weight excluding hydrogens is 322 g/mol. The summed E-state index contributed by atoms with van der Waals surface area (Å²) >= 11 is 8.82. The van der Waals surface area contributed by atoms with Gasteiger partial charge in [0.2, 0.25) is 0 Å². The van der Waals surface area contributed by atoms with Crippen molar-refractivity contribution >= 4 is 33.5 Å². The van der Waals surface area contributed by atoms with Crippen molar-refractivity contribution in [3.05, 3.63) is 57.3 Å². The van der Waals surface area contributed by atoms with E-state index in [4.69, 9.17) is 16.7 Å². The van der Waals surface area contributed by atoms with Crippen LogP contribution in [0.5, 0.6) is 0 Å². The Morgan fingerprint density at radius 2 is 1.94 bits per heavy atom. The summed E-state index contributed by atoms with van der Waals surface area (Å²) in [5.41, 5.74) is 0.489. The van der Waals surface area contributed by atoms with Crippen LogP contribution in [0.25, 0.3) is 11.1 Å². The van der Waals surface area contributed by atoms with Crippen LogP contribution in [0, 0.1) is 5.82 Å². The van der Waals surface area contributed by atoms with E-state index in [1.54, 1.807) is 12.1 Å². The number of hydrogen-bond donors (Lipinski definition) is 1. The van der Waals surface area contributed by atoms with Gasteiger partial charge in [0.1, 0.15) is 5.82 Å². The van der Waals surface area contributed by atoms with Crippen molar-refractivity contribution in [1.82, 2.24) is 0 Å². The fourth-order valence-electron chi connectivity index (χ4n) is 1.64. The average Bonchev–Trinajstić information content (AvgIpc) is 2.33. The Bertz CT molecular complexity index is 628. The number of hydrogen-bond acceptors (Lipinski definition) is 1. The Morgan fingerprint density at radius 1 is 1.22 bits per heavy atom. The first-order valence-corrected chi connectivity index (χ1v) is 6.15. The zero-order valence-corrected chi connectivity index (χ0v) is 11.3. The predicted octanol–water partition coefficient (Wildman–Crippen LogP) is 4.61. The molecule has 0 atom stereocenters. The van der Waals surface area contributed by atoms with Crippen molar-refractivity contribution in [2.24, 2.45) is 0 Å². The van der Waals surface area contributed by atoms with Crippen molar-refractivity contribution in [1.29, 1.82) is 0 Å². The number of carbonyl (C=O) groups is 1. The van der Waals surface area contributed by atoms with Crippen molar-refractivity contribution in [2.45, 2.75) is 0 Å². The highest BCUT2D eigenvalue weighted by Crippen LogP contribution is 2.31. The van der Waals surface area contributed by atoms with Crippen LogP contribution in [-0.4, -0.2) is 11.1 Å². The molecule has 2 aromatic rings. The Balaban J connectivity index is 2.71. The Labute approximate surface area is 116 Å². The zero-order valence-electron chi connectivity index (χ0n) is 8.95. The molecule has 18 heavy (non-hydrogen) atoms. The maximum absolute atomic E-state index is 14.0. The topological polar surface area (TPSA) is 37.3 Å². The van der Waals surface area contributed by atoms with Gasteiger partial charge in [0, 0.05) is 10.6 Å². The molecule has 0 amide bonds. The van der Waals surface area contributed by atoms with Gasteiger partial charge in [-0.1, -0.05) is 29.8 Å². The number of aromatic carboxylic acids is 1. The Kier molecular flexibility index (Phi) is 3.68. The van der Waals surface area contributed by atoms with E-state index in [2.05, 4.69) is 15.9 Å². The molecule has 0 aliphatic carbocycles. The summed E-state index contributed by atoms with van der Waals surface area (Å²) in [5.74, 6) is -1.64. The fraction of sp³-hybridized carbons (Fsp3) is 0. The van der Waals surface area contributed by atoms with Crippen LogP contribution in [-0.2, 0) is 0 Å². The SMILES string of the molecule is O=C(O)c1cc(Cl)ccc1-c1cccc(Br)c1F. The minimum absolute atomic E-state index is 0.0282. The van der Waals surface area contributed by atoms with Crippen LogP contribution in [0.4, 0.5) is 4.39 Å². The summed E-state index contributed by atoms with van der Waals surface area (Å²) in [6.45, 7) is 0. The Hall–Kier alpha value is -1.39. The Morgan fingerprint density at radius 3 is 2.61 bits per heavy atom. The van der Waals surface area contributed by atoms with Crippen molar-refractivity contribution in [3.8, 4) is 11.1 Å². The molecule has 0 aliphatic rings. The molecule has 0 radical (unpaired) electrons. The zero-order chi connectivity index (χ0) is 13.3. The highest BCUT2D eigenvalue weighted by molar-refractivity contribution is 9.10. The average molecular weight is 330 g/mol. The molecule has 0 heterocycles. The lowest BCUT2D eigenvalue weighted by Crippen LogP contribution is -2.00. The van der Waals surface area contributed by atoms with Crippen LogP contribution >= 0.6 is 27.5 Å². The standard InChI is InChI=1S/C13H7BrClFO2/c14-11-3-1-2-9(12(11)16)8-5-4-7(15)6-10(8)13(17)18/h1-6H,(H,17,18). The largest absolute Gasteiger partial charge is 0.478 e. The second-order valence-corrected chi connectivity index (χ2v) is 4.89. The summed E-state index contributed by atoms with van der Waals surface area (Å²) in [5, 5.41) is 9.42. The van der Waals surface area contributed by atoms with Gasteiger partial charge in [0.25, 0.3) is 0 Å². The van der Waals surface area contributed by atoms with Crippen LogP contribution in [0.2, 0.25) is 5.02 Å². The molecular formula is C13H7BrClFO2. The molecule has 0 aliphatic heterocycles. The highest BCUT2D eigenvalue weighted by atomic mass is 79.9. The first-order chi connectivity index (χ1) is 8.50. The second-order valence-electron chi connectivity index (χ2n) is 3.60. The van der Waals surface area contributed by atoms with E-state index in [9.17, 15) is 9.18 Å². The fourth-order valence-corrected chi connectivity index (χ4v) is 2.18. The molecule has 0 saturated heterocycles. The third kappa shape index (κ3) is 2.40. The van der Waals surface area contributed by atoms with E-state index in [1.165, 1.54) is 24.3 Å². The van der Waals surface area contributed by atoms with Gasteiger partial charge < -0.3 is 5.11 Å². The van der Waals surface area contributed by atoms with E-state index in [-0.39, 0.29) is 15.6 Å². The van der Waals surface area contributed by atoms with Crippen molar-refractivity contribution in [3.63, 3.8) is 0 Å². The van der Waals surface area contributed by atoms with E-state index >= 15 is 0 Å². The van der Waals surface area contributed by atoms with Crippen LogP contribution in [0.15, 0.2) is 40.9 Å². The van der Waals surface area contributed by atoms with Crippen LogP contribution in [0.1, 0.15) is 10.4 Å². The molecule has 0 aromatic heterocycles. The van der Waals surface area contributed by atoms with E-state index < -0.39 is 11.8 Å². The predicted molar refractivity (Wildman–Crippen MR) is 71.5 cm³/mol. The van der Waals surface area contributed by atoms with Crippen molar-refractivity contribution in [2.75, 3.05) is 0 Å². The van der Waals surface area contributed by atoms with Gasteiger partial charge in [-0.2, -0.15) is 0 Å². The molecule has 92 valence electrons. The van der Waals surface area contributed by atoms with Gasteiger partial charge in [0.15, 0.2) is 0 Å². The molecule has 0 saturated carbocycles. The molecule has 2 nitrogen and oxygen atoms in total.